The quantitative estimate of drug-likeness (QED) is 0.866. The number of hydrogen-bond donors (Lipinski definition) is 2. The van der Waals surface area contributed by atoms with Gasteiger partial charge in [0.25, 0.3) is 0 Å². The summed E-state index contributed by atoms with van der Waals surface area (Å²) in [6.45, 7) is 4.13. The van der Waals surface area contributed by atoms with Gasteiger partial charge < -0.3 is 0 Å². The van der Waals surface area contributed by atoms with Gasteiger partial charge in [0, 0.05) is 17.3 Å². The summed E-state index contributed by atoms with van der Waals surface area (Å²) in [4.78, 5) is 11.8. The third-order valence-corrected chi connectivity index (χ3v) is 5.34. The zero-order valence-electron chi connectivity index (χ0n) is 12.4. The molecular formula is C14H21N5OS. The lowest BCUT2D eigenvalue weighted by molar-refractivity contribution is 0.386. The number of aromatic nitrogens is 3. The van der Waals surface area contributed by atoms with Crippen molar-refractivity contribution in [2.75, 3.05) is 0 Å². The Labute approximate surface area is 128 Å². The van der Waals surface area contributed by atoms with Gasteiger partial charge in [0.15, 0.2) is 5.16 Å². The molecule has 2 aliphatic rings. The lowest BCUT2D eigenvalue weighted by Crippen LogP contribution is -2.45. The fourth-order valence-corrected chi connectivity index (χ4v) is 4.44. The van der Waals surface area contributed by atoms with Gasteiger partial charge in [-0.2, -0.15) is 5.26 Å². The maximum atomic E-state index is 11.8. The van der Waals surface area contributed by atoms with Crippen LogP contribution in [-0.4, -0.2) is 31.6 Å². The first-order valence-corrected chi connectivity index (χ1v) is 8.43. The average Bonchev–Trinajstić information content (AvgIpc) is 3.09. The van der Waals surface area contributed by atoms with Gasteiger partial charge in [0.05, 0.1) is 6.07 Å². The van der Waals surface area contributed by atoms with E-state index >= 15 is 0 Å². The van der Waals surface area contributed by atoms with Crippen molar-refractivity contribution >= 4 is 11.8 Å². The Morgan fingerprint density at radius 1 is 1.52 bits per heavy atom. The summed E-state index contributed by atoms with van der Waals surface area (Å²) in [5, 5.41) is 20.7. The van der Waals surface area contributed by atoms with E-state index in [0.29, 0.717) is 17.3 Å². The highest BCUT2D eigenvalue weighted by molar-refractivity contribution is 7.99. The normalized spacial score (nSPS) is 29.0. The van der Waals surface area contributed by atoms with Crippen molar-refractivity contribution in [1.29, 1.82) is 5.26 Å². The van der Waals surface area contributed by atoms with E-state index in [1.54, 1.807) is 16.3 Å². The largest absolute Gasteiger partial charge is 0.344 e. The molecule has 0 spiro atoms. The molecule has 7 heteroatoms. The van der Waals surface area contributed by atoms with Crippen molar-refractivity contribution in [2.45, 2.75) is 74.0 Å². The second-order valence-electron chi connectivity index (χ2n) is 6.39. The first-order valence-electron chi connectivity index (χ1n) is 7.55. The minimum Gasteiger partial charge on any atom is -0.297 e. The van der Waals surface area contributed by atoms with Gasteiger partial charge in [0.1, 0.15) is 5.54 Å². The molecule has 0 saturated heterocycles. The van der Waals surface area contributed by atoms with Gasteiger partial charge in [-0.15, -0.1) is 5.10 Å². The zero-order chi connectivity index (χ0) is 15.0. The van der Waals surface area contributed by atoms with E-state index in [-0.39, 0.29) is 5.69 Å². The summed E-state index contributed by atoms with van der Waals surface area (Å²) in [7, 11) is 0. The number of H-pyrrole nitrogens is 1. The molecule has 21 heavy (non-hydrogen) atoms. The van der Waals surface area contributed by atoms with E-state index in [4.69, 9.17) is 0 Å². The van der Waals surface area contributed by atoms with Crippen LogP contribution < -0.4 is 11.0 Å². The number of rotatable bonds is 5. The standard InChI is InChI=1S/C14H21N5OS/c1-9(2)16-14(8-15)6-5-11(7-14)21-13-18-17-12(20)19(13)10-3-4-10/h9-11,16H,3-7H2,1-2H3,(H,17,20). The Kier molecular flexibility index (Phi) is 3.84. The molecule has 0 bridgehead atoms. The predicted molar refractivity (Wildman–Crippen MR) is 81.2 cm³/mol. The number of hydrogen-bond acceptors (Lipinski definition) is 5. The molecule has 6 nitrogen and oxygen atoms in total. The maximum Gasteiger partial charge on any atom is 0.344 e. The van der Waals surface area contributed by atoms with E-state index in [2.05, 4.69) is 35.4 Å². The van der Waals surface area contributed by atoms with Crippen LogP contribution in [0.5, 0.6) is 0 Å². The molecule has 2 unspecified atom stereocenters. The maximum absolute atomic E-state index is 11.8. The molecule has 114 valence electrons. The van der Waals surface area contributed by atoms with Crippen LogP contribution in [-0.2, 0) is 0 Å². The lowest BCUT2D eigenvalue weighted by Gasteiger charge is -2.25. The summed E-state index contributed by atoms with van der Waals surface area (Å²) in [6, 6.07) is 3.08. The second kappa shape index (κ2) is 5.50. The highest BCUT2D eigenvalue weighted by Crippen LogP contribution is 2.42. The number of nitriles is 1. The third-order valence-electron chi connectivity index (χ3n) is 4.10. The number of nitrogens with one attached hydrogen (secondary N) is 2. The molecule has 3 rings (SSSR count). The topological polar surface area (TPSA) is 86.5 Å². The van der Waals surface area contributed by atoms with Crippen LogP contribution in [0, 0.1) is 11.3 Å². The van der Waals surface area contributed by atoms with Crippen LogP contribution in [0.2, 0.25) is 0 Å². The zero-order valence-corrected chi connectivity index (χ0v) is 13.2. The number of thioether (sulfide) groups is 1. The fraction of sp³-hybridized carbons (Fsp3) is 0.786. The van der Waals surface area contributed by atoms with Gasteiger partial charge >= 0.3 is 5.69 Å². The molecule has 2 fully saturated rings. The van der Waals surface area contributed by atoms with Gasteiger partial charge in [-0.05, 0) is 46.0 Å². The smallest absolute Gasteiger partial charge is 0.297 e. The number of nitrogens with zero attached hydrogens (tertiary/aromatic N) is 3. The van der Waals surface area contributed by atoms with Crippen LogP contribution in [0.1, 0.15) is 52.0 Å². The summed E-state index contributed by atoms with van der Waals surface area (Å²) in [5.74, 6) is 0. The van der Waals surface area contributed by atoms with E-state index in [9.17, 15) is 10.1 Å². The van der Waals surface area contributed by atoms with E-state index in [1.807, 2.05) is 0 Å². The molecule has 2 atom stereocenters. The summed E-state index contributed by atoms with van der Waals surface area (Å²) >= 11 is 1.64. The van der Waals surface area contributed by atoms with Crippen molar-refractivity contribution in [2.24, 2.45) is 0 Å². The third kappa shape index (κ3) is 3.01. The fourth-order valence-electron chi connectivity index (χ4n) is 3.10. The first kappa shape index (κ1) is 14.7. The highest BCUT2D eigenvalue weighted by atomic mass is 32.2. The van der Waals surface area contributed by atoms with E-state index in [0.717, 1.165) is 37.3 Å². The van der Waals surface area contributed by atoms with Crippen molar-refractivity contribution in [1.82, 2.24) is 20.1 Å². The molecular weight excluding hydrogens is 286 g/mol. The Bertz CT molecular complexity index is 612. The van der Waals surface area contributed by atoms with Crippen LogP contribution in [0.3, 0.4) is 0 Å². The van der Waals surface area contributed by atoms with Gasteiger partial charge in [-0.25, -0.2) is 9.89 Å². The van der Waals surface area contributed by atoms with E-state index in [1.165, 1.54) is 0 Å². The molecule has 2 saturated carbocycles. The Balaban J connectivity index is 1.70. The van der Waals surface area contributed by atoms with Crippen LogP contribution >= 0.6 is 11.8 Å². The van der Waals surface area contributed by atoms with Crippen LogP contribution in [0.25, 0.3) is 0 Å². The van der Waals surface area contributed by atoms with Gasteiger partial charge in [-0.1, -0.05) is 11.8 Å². The monoisotopic (exact) mass is 307 g/mol. The molecule has 0 aliphatic heterocycles. The first-order chi connectivity index (χ1) is 10.0. The molecule has 0 amide bonds. The minimum absolute atomic E-state index is 0.107. The molecule has 2 aliphatic carbocycles. The van der Waals surface area contributed by atoms with Crippen molar-refractivity contribution in [3.05, 3.63) is 10.5 Å². The van der Waals surface area contributed by atoms with E-state index < -0.39 is 5.54 Å². The van der Waals surface area contributed by atoms with Crippen LogP contribution in [0.4, 0.5) is 0 Å². The SMILES string of the molecule is CC(C)NC1(C#N)CCC(Sc2n[nH]c(=O)n2C2CC2)C1. The Morgan fingerprint density at radius 3 is 2.90 bits per heavy atom. The van der Waals surface area contributed by atoms with Crippen molar-refractivity contribution in [3.8, 4) is 6.07 Å². The van der Waals surface area contributed by atoms with Crippen LogP contribution in [0.15, 0.2) is 9.95 Å². The predicted octanol–water partition coefficient (Wildman–Crippen LogP) is 1.81. The molecule has 0 aromatic carbocycles. The Morgan fingerprint density at radius 2 is 2.29 bits per heavy atom. The van der Waals surface area contributed by atoms with Gasteiger partial charge in [0.2, 0.25) is 0 Å². The molecule has 1 aromatic heterocycles. The molecule has 1 aromatic rings. The van der Waals surface area contributed by atoms with Crippen molar-refractivity contribution in [3.63, 3.8) is 0 Å². The van der Waals surface area contributed by atoms with Crippen molar-refractivity contribution < 1.29 is 0 Å². The summed E-state index contributed by atoms with van der Waals surface area (Å²) in [5.41, 5.74) is -0.530. The highest BCUT2D eigenvalue weighted by Gasteiger charge is 2.41. The lowest BCUT2D eigenvalue weighted by atomic mass is 9.99. The average molecular weight is 307 g/mol. The summed E-state index contributed by atoms with van der Waals surface area (Å²) in [6.07, 6.45) is 4.77. The molecule has 0 radical (unpaired) electrons. The second-order valence-corrected chi connectivity index (χ2v) is 7.66. The Hall–Kier alpha value is -1.26. The summed E-state index contributed by atoms with van der Waals surface area (Å²) < 4.78 is 1.78. The number of aromatic amines is 1. The van der Waals surface area contributed by atoms with Gasteiger partial charge in [-0.3, -0.25) is 9.88 Å². The molecule has 1 heterocycles. The minimum atomic E-state index is -0.424. The molecule has 2 N–H and O–H groups in total.